The van der Waals surface area contributed by atoms with Gasteiger partial charge in [0.15, 0.2) is 35.3 Å². The van der Waals surface area contributed by atoms with Crippen LogP contribution in [0.4, 0.5) is 0 Å². The molecule has 9 aromatic rings. The molecular formula is C93H91Cl2N9O32. The number of halogens is 2. The SMILES string of the molecule is CC(=O)N[C@H]1[C@H](O[C@@H]2c3ccc(c(Cl)c3)Oc3cc4cc(c3O[C@@H]3O[C@H](CO)[C@@H](O)[C@H](O)[C@H]3NCc3ccc(/C=C/c5ccccc5)cc3)Oc3ccc(cc3Cl)C[C@H]3NC(=O)[C@@H](N)c5ccc(O)c(c5)Oc5cc(O)cc(c5)[C@H](NC3=O)C(=O)N[C@H]4C(=O)N[C@H]3C(=O)N[C@@H]2C(=O)N[C@H](C(=O)O)c2cc(O)cc(O[C@H]4O[C@H](CO)[C@@H](O)[C@H](O)[C@@H]4O)c2-c2cc3ccc2O)O[C@H](CO)[C@@H](O)[C@@H]1O. The molecule has 9 aliphatic heterocycles. The van der Waals surface area contributed by atoms with Crippen LogP contribution in [0.15, 0.2) is 170 Å². The largest absolute Gasteiger partial charge is 0.508 e. The summed E-state index contributed by atoms with van der Waals surface area (Å²) in [6.45, 7) is -2.21. The Balaban J connectivity index is 0.939. The fourth-order valence-corrected chi connectivity index (χ4v) is 17.3. The van der Waals surface area contributed by atoms with E-state index in [1.54, 1.807) is 12.1 Å². The second-order valence-electron chi connectivity index (χ2n) is 33.1. The van der Waals surface area contributed by atoms with Crippen molar-refractivity contribution in [1.29, 1.82) is 0 Å². The summed E-state index contributed by atoms with van der Waals surface area (Å²) in [5.74, 6) is -18.5. The third-order valence-electron chi connectivity index (χ3n) is 23.9. The molecule has 0 aliphatic carbocycles. The molecule has 3 saturated heterocycles. The van der Waals surface area contributed by atoms with E-state index in [9.17, 15) is 91.0 Å². The first kappa shape index (κ1) is 95.8. The monoisotopic (exact) mass is 1920 g/mol. The highest BCUT2D eigenvalue weighted by Gasteiger charge is 2.52. The standard InChI is InChI=1S/C93H91Cl2N9O32/c1-37(108)98-73-79(117)76(114)64(35-106)133-92(73)135-82-44-16-20-58(53(95)26-44)130-62-29-46-28-61(83(62)136-91-72(78(116)75(113)63(34-105)132-91)97-33-40-11-9-39(10-12-40)8-7-38-5-3-2-4-6-38)129-57-19-13-41(21-52(57)94)22-54-84(120)100-69(45-23-47(109)30-49(24-45)128-59-27-42(14-18-56(59)112)67(96)85(121)99-54)87(123)102-70(46)88(124)101-68-43-15-17-55(111)50(25-43)66-51(71(90(126)127)103-89(125)74(82)104-86(68)122)31-48(110)32-60(66)131-93-81(119)80(118)77(115)65(36-107)134-93/h2-21,23-32,54,63-65,67-82,91-93,97,105-107,109-119H,22,33-36,96H2,1H3,(H,98,108)(H,99,121)(H,100,120)(H,101,124)(H,102,123)(H,103,125)(H,104,122)(H,126,127)/b8-7+/t54-,63-,64-,65-,67+,68-,69+,70-,71+,72-,73-,74+,75-,76-,77-,78-,79-,80+,81+,82-,91+,92+,93+/m1/s1. The molecule has 0 aromatic heterocycles. The Morgan fingerprint density at radius 3 is 1.68 bits per heavy atom. The van der Waals surface area contributed by atoms with Crippen LogP contribution in [0, 0.1) is 0 Å². The summed E-state index contributed by atoms with van der Waals surface area (Å²) < 4.78 is 58.0. The average Bonchev–Trinajstić information content (AvgIpc) is 0.760. The number of amides is 7. The quantitative estimate of drug-likeness (QED) is 0.0614. The van der Waals surface area contributed by atoms with E-state index in [2.05, 4.69) is 42.5 Å². The van der Waals surface area contributed by atoms with Crippen LogP contribution in [-0.4, -0.2) is 248 Å². The molecule has 23 atom stereocenters. The fourth-order valence-electron chi connectivity index (χ4n) is 16.8. The van der Waals surface area contributed by atoms with Gasteiger partial charge >= 0.3 is 5.97 Å². The first-order valence-corrected chi connectivity index (χ1v) is 43.2. The number of aromatic hydroxyl groups is 4. The number of aliphatic hydroxyl groups excluding tert-OH is 10. The molecule has 9 heterocycles. The minimum absolute atomic E-state index is 0.0336. The molecule has 3 fully saturated rings. The van der Waals surface area contributed by atoms with Crippen molar-refractivity contribution in [1.82, 2.24) is 42.5 Å². The third kappa shape index (κ3) is 20.2. The predicted octanol–water partition coefficient (Wildman–Crippen LogP) is 1.87. The van der Waals surface area contributed by atoms with Crippen LogP contribution in [0.25, 0.3) is 23.3 Å². The number of benzene rings is 9. The number of aliphatic hydroxyl groups is 10. The van der Waals surface area contributed by atoms with Gasteiger partial charge in [0.1, 0.15) is 150 Å². The Morgan fingerprint density at radius 1 is 0.485 bits per heavy atom. The van der Waals surface area contributed by atoms with Gasteiger partial charge in [-0.15, -0.1) is 0 Å². The molecule has 714 valence electrons. The Bertz CT molecular complexity index is 6130. The lowest BCUT2D eigenvalue weighted by atomic mass is 9.89. The van der Waals surface area contributed by atoms with E-state index in [-0.39, 0.29) is 51.1 Å². The molecule has 0 saturated carbocycles. The zero-order chi connectivity index (χ0) is 96.7. The maximum atomic E-state index is 17.1. The van der Waals surface area contributed by atoms with Gasteiger partial charge < -0.3 is 167 Å². The number of carbonyl (C=O) groups excluding carboxylic acids is 7. The second kappa shape index (κ2) is 40.3. The Labute approximate surface area is 780 Å². The van der Waals surface area contributed by atoms with Gasteiger partial charge in [-0.3, -0.25) is 33.6 Å². The molecule has 41 nitrogen and oxygen atoms in total. The number of aliphatic carboxylic acids is 1. The van der Waals surface area contributed by atoms with E-state index in [0.717, 1.165) is 103 Å². The van der Waals surface area contributed by atoms with Crippen molar-refractivity contribution in [2.45, 2.75) is 160 Å². The summed E-state index contributed by atoms with van der Waals surface area (Å²) in [6, 6.07) is 18.0. The van der Waals surface area contributed by atoms with Gasteiger partial charge in [-0.1, -0.05) is 114 Å². The summed E-state index contributed by atoms with van der Waals surface area (Å²) in [5.41, 5.74) is 5.24. The van der Waals surface area contributed by atoms with Crippen molar-refractivity contribution >= 4 is 82.7 Å². The molecule has 18 rings (SSSR count). The van der Waals surface area contributed by atoms with Crippen molar-refractivity contribution in [2.75, 3.05) is 19.8 Å². The van der Waals surface area contributed by atoms with Gasteiger partial charge in [-0.25, -0.2) is 4.79 Å². The number of rotatable bonds is 16. The molecule has 7 amide bonds. The number of hydrogen-bond acceptors (Lipinski definition) is 33. The summed E-state index contributed by atoms with van der Waals surface area (Å²) in [6.07, 6.45) is -24.9. The Hall–Kier alpha value is -13.4. The highest BCUT2D eigenvalue weighted by atomic mass is 35.5. The van der Waals surface area contributed by atoms with Crippen LogP contribution in [0.2, 0.25) is 10.0 Å². The molecule has 17 bridgehead atoms. The summed E-state index contributed by atoms with van der Waals surface area (Å²) in [7, 11) is 0. The Kier molecular flexibility index (Phi) is 28.4. The smallest absolute Gasteiger partial charge is 0.330 e. The van der Waals surface area contributed by atoms with Crippen molar-refractivity contribution in [3.63, 3.8) is 0 Å². The van der Waals surface area contributed by atoms with Gasteiger partial charge in [-0.05, 0) is 129 Å². The average molecular weight is 1920 g/mol. The van der Waals surface area contributed by atoms with Gasteiger partial charge in [-0.2, -0.15) is 0 Å². The molecule has 0 spiro atoms. The fraction of sp³-hybridized carbons (Fsp3) is 0.312. The lowest BCUT2D eigenvalue weighted by molar-refractivity contribution is -0.284. The van der Waals surface area contributed by atoms with E-state index in [4.69, 9.17) is 71.6 Å². The van der Waals surface area contributed by atoms with Gasteiger partial charge in [0, 0.05) is 48.7 Å². The molecule has 9 aromatic carbocycles. The van der Waals surface area contributed by atoms with Crippen LogP contribution in [0.3, 0.4) is 0 Å². The number of nitrogens with one attached hydrogen (secondary N) is 8. The maximum absolute atomic E-state index is 17.1. The topological polar surface area (TPSA) is 645 Å². The predicted molar refractivity (Wildman–Crippen MR) is 471 cm³/mol. The van der Waals surface area contributed by atoms with E-state index < -0.39 is 299 Å². The van der Waals surface area contributed by atoms with Crippen LogP contribution < -0.4 is 72.0 Å². The van der Waals surface area contributed by atoms with Crippen LogP contribution in [-0.2, 0) is 70.3 Å². The van der Waals surface area contributed by atoms with Crippen molar-refractivity contribution < 1.29 is 158 Å². The third-order valence-corrected chi connectivity index (χ3v) is 24.5. The van der Waals surface area contributed by atoms with Crippen LogP contribution in [0.5, 0.6) is 69.0 Å². The zero-order valence-corrected chi connectivity index (χ0v) is 72.6. The van der Waals surface area contributed by atoms with E-state index >= 15 is 24.0 Å². The van der Waals surface area contributed by atoms with Crippen molar-refractivity contribution in [2.24, 2.45) is 5.73 Å². The molecular weight excluding hydrogens is 1830 g/mol. The summed E-state index contributed by atoms with van der Waals surface area (Å²) in [4.78, 5) is 124. The first-order valence-electron chi connectivity index (χ1n) is 42.4. The minimum atomic E-state index is -2.58. The van der Waals surface area contributed by atoms with Crippen molar-refractivity contribution in [3.05, 3.63) is 236 Å². The van der Waals surface area contributed by atoms with Crippen LogP contribution >= 0.6 is 23.2 Å². The number of carboxylic acids is 1. The number of hydrogen-bond donors (Lipinski definition) is 24. The number of fused-ring (bicyclic) bond motifs is 14. The molecule has 0 radical (unpaired) electrons. The molecule has 0 unspecified atom stereocenters. The second-order valence-corrected chi connectivity index (χ2v) is 33.9. The highest BCUT2D eigenvalue weighted by molar-refractivity contribution is 6.32. The number of carboxylic acid groups (broad SMARTS) is 1. The van der Waals surface area contributed by atoms with E-state index in [1.165, 1.54) is 30.3 Å². The Morgan fingerprint density at radius 2 is 1.04 bits per heavy atom. The maximum Gasteiger partial charge on any atom is 0.330 e. The number of ether oxygens (including phenoxy) is 9. The molecule has 9 aliphatic rings. The van der Waals surface area contributed by atoms with Crippen molar-refractivity contribution in [3.8, 4) is 80.1 Å². The number of carbonyl (C=O) groups is 8. The molecule has 136 heavy (non-hydrogen) atoms. The molecule has 25 N–H and O–H groups in total. The van der Waals surface area contributed by atoms with Gasteiger partial charge in [0.2, 0.25) is 59.7 Å². The van der Waals surface area contributed by atoms with Gasteiger partial charge in [0.25, 0.3) is 0 Å². The zero-order valence-electron chi connectivity index (χ0n) is 71.1. The van der Waals surface area contributed by atoms with Gasteiger partial charge in [0.05, 0.1) is 35.9 Å². The number of phenolic OH excluding ortho intramolecular Hbond substituents is 4. The van der Waals surface area contributed by atoms with E-state index in [1.807, 2.05) is 54.6 Å². The number of phenols is 4. The lowest BCUT2D eigenvalue weighted by Crippen LogP contribution is -2.65. The lowest BCUT2D eigenvalue weighted by Gasteiger charge is -2.44. The summed E-state index contributed by atoms with van der Waals surface area (Å²) >= 11 is 14.8. The van der Waals surface area contributed by atoms with E-state index in [0.29, 0.717) is 5.56 Å². The number of nitrogens with two attached hydrogens (primary N) is 1. The molecule has 43 heteroatoms. The highest BCUT2D eigenvalue weighted by Crippen LogP contribution is 2.51. The first-order chi connectivity index (χ1) is 65.1. The van der Waals surface area contributed by atoms with Crippen LogP contribution in [0.1, 0.15) is 98.9 Å². The normalized spacial score (nSPS) is 28.4. The summed E-state index contributed by atoms with van der Waals surface area (Å²) in [5, 5.41) is 192. The minimum Gasteiger partial charge on any atom is -0.508 e.